The first kappa shape index (κ1) is 149. The molecule has 0 aliphatic heterocycles. The Bertz CT molecular complexity index is 19.3. The zero-order valence-corrected chi connectivity index (χ0v) is 9.73. The summed E-state index contributed by atoms with van der Waals surface area (Å²) in [5.74, 6) is 0. The normalized spacial score (nSPS) is 0.600. The van der Waals surface area contributed by atoms with Crippen molar-refractivity contribution < 1.29 is 49.1 Å². The maximum atomic E-state index is 6.00. The van der Waals surface area contributed by atoms with Gasteiger partial charge in [0.25, 0.3) is 0 Å². The van der Waals surface area contributed by atoms with Gasteiger partial charge in [-0.1, -0.05) is 0 Å². The van der Waals surface area contributed by atoms with Gasteiger partial charge < -0.3 is 38.6 Å². The summed E-state index contributed by atoms with van der Waals surface area (Å²) in [5.41, 5.74) is 0. The molecule has 0 bridgehead atoms. The Labute approximate surface area is 123 Å². The third kappa shape index (κ3) is 178. The predicted octanol–water partition coefficient (Wildman–Crippen LogP) is -5.24. The van der Waals surface area contributed by atoms with Gasteiger partial charge in [0.05, 0.1) is 0 Å². The molecule has 0 unspecified atom stereocenters. The Morgan fingerprint density at radius 2 is 0.500 bits per heavy atom. The van der Waals surface area contributed by atoms with Crippen molar-refractivity contribution >= 4 is 75.5 Å². The summed E-state index contributed by atoms with van der Waals surface area (Å²) in [6, 6.07) is 0. The van der Waals surface area contributed by atoms with Crippen LogP contribution in [0.3, 0.4) is 0 Å². The van der Waals surface area contributed by atoms with Gasteiger partial charge in [-0.25, -0.2) is 0 Å². The molecule has 0 saturated heterocycles. The van der Waals surface area contributed by atoms with Gasteiger partial charge in [0, 0.05) is 0 Å². The van der Waals surface area contributed by atoms with E-state index in [4.69, 9.17) is 10.5 Å². The van der Waals surface area contributed by atoms with Crippen LogP contribution >= 0.6 is 0 Å². The first-order valence-electron chi connectivity index (χ1n) is 0.200. The van der Waals surface area contributed by atoms with E-state index in [-0.39, 0.29) is 114 Å². The van der Waals surface area contributed by atoms with E-state index in [0.717, 1.165) is 0 Å². The van der Waals surface area contributed by atoms with Crippen molar-refractivity contribution in [2.75, 3.05) is 0 Å². The number of hydrogen-bond acceptors (Lipinski definition) is 2. The topological polar surface area (TPSA) is 229 Å². The van der Waals surface area contributed by atoms with Crippen LogP contribution in [0.2, 0.25) is 0 Å². The summed E-state index contributed by atoms with van der Waals surface area (Å²) >= 11 is 0. The van der Waals surface area contributed by atoms with Crippen molar-refractivity contribution in [3.05, 3.63) is 0 Å². The van der Waals surface area contributed by atoms with Crippen molar-refractivity contribution in [1.82, 2.24) is 0 Å². The number of rotatable bonds is 0. The van der Waals surface area contributed by atoms with E-state index in [1.165, 1.54) is 0 Å². The molecule has 10 heteroatoms. The van der Waals surface area contributed by atoms with Crippen molar-refractivity contribution in [3.8, 4) is 0 Å². The summed E-state index contributed by atoms with van der Waals surface area (Å²) in [7, 11) is 0. The standard InChI is InChI=1S/2Ca.H2O2.6H2O.4H/c;;1-2;;;;;;;;;;/h;;1-2H;6*1H2;;;;/q2*+2;;;;;;;;4*-1. The molecule has 0 fully saturated rings. The summed E-state index contributed by atoms with van der Waals surface area (Å²) in [6.45, 7) is 0. The van der Waals surface area contributed by atoms with E-state index < -0.39 is 0 Å². The Morgan fingerprint density at radius 3 is 0.500 bits per heavy atom. The van der Waals surface area contributed by atoms with Crippen LogP contribution in [0.5, 0.6) is 0 Å². The minimum atomic E-state index is 0. The van der Waals surface area contributed by atoms with Gasteiger partial charge in [-0.2, -0.15) is 0 Å². The Hall–Kier alpha value is 2.20. The minimum Gasteiger partial charge on any atom is -1.00 e. The molecule has 0 aliphatic rings. The third-order valence-corrected chi connectivity index (χ3v) is 0. The maximum Gasteiger partial charge on any atom is 2.00 e. The van der Waals surface area contributed by atoms with Gasteiger partial charge in [-0.3, -0.25) is 10.5 Å². The van der Waals surface area contributed by atoms with Gasteiger partial charge in [0.1, 0.15) is 0 Å². The second-order valence-electron chi connectivity index (χ2n) is 0. The second kappa shape index (κ2) is 241. The molecule has 10 heavy (non-hydrogen) atoms. The van der Waals surface area contributed by atoms with Gasteiger partial charge in [-0.15, -0.1) is 0 Å². The molecule has 0 saturated carbocycles. The first-order chi connectivity index (χ1) is 1.00. The summed E-state index contributed by atoms with van der Waals surface area (Å²) in [6.07, 6.45) is 0. The minimum absolute atomic E-state index is 0. The predicted molar refractivity (Wildman–Crippen MR) is 42.9 cm³/mol. The molecule has 0 aromatic heterocycles. The molecule has 8 nitrogen and oxygen atoms in total. The monoisotopic (exact) mass is 226 g/mol. The summed E-state index contributed by atoms with van der Waals surface area (Å²) < 4.78 is 0. The van der Waals surface area contributed by atoms with E-state index >= 15 is 0 Å². The van der Waals surface area contributed by atoms with Gasteiger partial charge in [0.2, 0.25) is 0 Å². The molecule has 70 valence electrons. The average molecular weight is 226 g/mol. The van der Waals surface area contributed by atoms with Crippen LogP contribution in [-0.4, -0.2) is 119 Å². The molecular weight excluding hydrogens is 208 g/mol. The quantitative estimate of drug-likeness (QED) is 0.234. The number of hydrogen-bond donors (Lipinski definition) is 2. The second-order valence-corrected chi connectivity index (χ2v) is 0. The van der Waals surface area contributed by atoms with E-state index in [1.54, 1.807) is 0 Å². The fourth-order valence-electron chi connectivity index (χ4n) is 0. The Balaban J connectivity index is -0.0000000000758. The fourth-order valence-corrected chi connectivity index (χ4v) is 0. The Kier molecular flexibility index (Phi) is 3600. The van der Waals surface area contributed by atoms with Crippen LogP contribution in [0, 0.1) is 0 Å². The fraction of sp³-hybridized carbons (Fsp3) is 0. The van der Waals surface area contributed by atoms with Crippen molar-refractivity contribution in [1.29, 1.82) is 0 Å². The van der Waals surface area contributed by atoms with Crippen LogP contribution in [0.1, 0.15) is 5.71 Å². The van der Waals surface area contributed by atoms with Crippen LogP contribution in [0.4, 0.5) is 0 Å². The molecule has 0 radical (unpaired) electrons. The van der Waals surface area contributed by atoms with Crippen LogP contribution in [0.15, 0.2) is 0 Å². The van der Waals surface area contributed by atoms with Crippen molar-refractivity contribution in [2.45, 2.75) is 0 Å². The molecule has 14 N–H and O–H groups in total. The molecule has 0 aliphatic carbocycles. The average Bonchev–Trinajstić information content (AvgIpc) is 1.00. The largest absolute Gasteiger partial charge is 2.00 e. The van der Waals surface area contributed by atoms with Gasteiger partial charge in [-0.05, 0) is 0 Å². The van der Waals surface area contributed by atoms with Gasteiger partial charge in [0.15, 0.2) is 0 Å². The maximum absolute atomic E-state index is 6.00. The van der Waals surface area contributed by atoms with Crippen molar-refractivity contribution in [3.63, 3.8) is 0 Å². The third-order valence-electron chi connectivity index (χ3n) is 0. The molecule has 0 aromatic rings. The van der Waals surface area contributed by atoms with E-state index in [2.05, 4.69) is 0 Å². The zero-order valence-electron chi connectivity index (χ0n) is 9.31. The molecule has 0 atom stereocenters. The molecule has 0 spiro atoms. The molecule has 0 amide bonds. The molecular formula is H18Ca2O8. The van der Waals surface area contributed by atoms with Gasteiger partial charge >= 0.3 is 75.5 Å². The van der Waals surface area contributed by atoms with E-state index in [9.17, 15) is 0 Å². The SMILES string of the molecule is O.O.O.O.O.O.OO.[Ca+2].[Ca+2].[H-].[H-].[H-].[H-]. The summed E-state index contributed by atoms with van der Waals surface area (Å²) in [5, 5.41) is 12.0. The Morgan fingerprint density at radius 1 is 0.500 bits per heavy atom. The van der Waals surface area contributed by atoms with E-state index in [1.807, 2.05) is 0 Å². The molecule has 0 aromatic carbocycles. The summed E-state index contributed by atoms with van der Waals surface area (Å²) in [4.78, 5) is 0. The van der Waals surface area contributed by atoms with Crippen LogP contribution in [0.25, 0.3) is 0 Å². The zero-order chi connectivity index (χ0) is 2.00. The van der Waals surface area contributed by atoms with Crippen molar-refractivity contribution in [2.24, 2.45) is 0 Å². The van der Waals surface area contributed by atoms with Crippen LogP contribution < -0.4 is 0 Å². The first-order valence-corrected chi connectivity index (χ1v) is 0.200. The molecule has 0 heterocycles. The van der Waals surface area contributed by atoms with Crippen LogP contribution in [-0.2, 0) is 0 Å². The van der Waals surface area contributed by atoms with E-state index in [0.29, 0.717) is 0 Å². The smallest absolute Gasteiger partial charge is 1.00 e. The molecule has 0 rings (SSSR count).